The number of carbonyl (C=O) groups is 1. The molecule has 116 valence electrons. The minimum absolute atomic E-state index is 0.0965. The predicted molar refractivity (Wildman–Crippen MR) is 87.0 cm³/mol. The van der Waals surface area contributed by atoms with Crippen molar-refractivity contribution in [3.05, 3.63) is 58.1 Å². The molecule has 3 aromatic rings. The van der Waals surface area contributed by atoms with Gasteiger partial charge in [0.2, 0.25) is 0 Å². The monoisotopic (exact) mass is 326 g/mol. The van der Waals surface area contributed by atoms with Crippen LogP contribution in [0.5, 0.6) is 0 Å². The average molecular weight is 327 g/mol. The first-order valence-corrected chi connectivity index (χ1v) is 8.05. The number of nitrogens with zero attached hydrogens (tertiary/aromatic N) is 4. The molecule has 23 heavy (non-hydrogen) atoms. The fourth-order valence-electron chi connectivity index (χ4n) is 3.07. The van der Waals surface area contributed by atoms with Gasteiger partial charge in [-0.05, 0) is 30.0 Å². The summed E-state index contributed by atoms with van der Waals surface area (Å²) in [6.45, 7) is 2.00. The van der Waals surface area contributed by atoms with Gasteiger partial charge in [0.1, 0.15) is 0 Å². The lowest BCUT2D eigenvalue weighted by atomic mass is 9.82. The highest BCUT2D eigenvalue weighted by atomic mass is 35.5. The molecule has 0 amide bonds. The lowest BCUT2D eigenvalue weighted by Gasteiger charge is -2.23. The van der Waals surface area contributed by atoms with E-state index in [1.807, 2.05) is 31.2 Å². The van der Waals surface area contributed by atoms with Gasteiger partial charge in [-0.15, -0.1) is 5.10 Å². The smallest absolute Gasteiger partial charge is 0.252 e. The number of carbonyl (C=O) groups excluding carboxylic acids is 1. The Morgan fingerprint density at radius 2 is 2.17 bits per heavy atom. The van der Waals surface area contributed by atoms with Gasteiger partial charge >= 0.3 is 0 Å². The molecular formula is C17H15ClN4O. The number of hydrogen-bond acceptors (Lipinski definition) is 4. The van der Waals surface area contributed by atoms with Crippen LogP contribution in [0.3, 0.4) is 0 Å². The summed E-state index contributed by atoms with van der Waals surface area (Å²) in [6, 6.07) is 7.70. The van der Waals surface area contributed by atoms with Crippen LogP contribution >= 0.6 is 11.6 Å². The zero-order valence-corrected chi connectivity index (χ0v) is 13.4. The molecular weight excluding hydrogens is 312 g/mol. The molecule has 0 spiro atoms. The van der Waals surface area contributed by atoms with Crippen molar-refractivity contribution in [3.8, 4) is 0 Å². The first kappa shape index (κ1) is 14.3. The van der Waals surface area contributed by atoms with Crippen molar-refractivity contribution < 1.29 is 4.79 Å². The van der Waals surface area contributed by atoms with Crippen LogP contribution in [-0.2, 0) is 12.8 Å². The van der Waals surface area contributed by atoms with Gasteiger partial charge in [-0.1, -0.05) is 30.7 Å². The number of aryl methyl sites for hydroxylation is 1. The predicted octanol–water partition coefficient (Wildman–Crippen LogP) is 3.25. The molecule has 0 bridgehead atoms. The Labute approximate surface area is 138 Å². The van der Waals surface area contributed by atoms with Crippen LogP contribution in [-0.4, -0.2) is 25.4 Å². The van der Waals surface area contributed by atoms with E-state index in [2.05, 4.69) is 15.1 Å². The number of benzene rings is 1. The molecule has 0 unspecified atom stereocenters. The van der Waals surface area contributed by atoms with Crippen LogP contribution in [0.25, 0.3) is 5.78 Å². The standard InChI is InChI=1S/C17H15ClN4O/c1-2-16-20-17-19-14-7-11(10-4-3-5-12(18)6-10)8-15(23)13(14)9-22(17)21-16/h3-6,9,11H,2,7-8H2,1H3/t11-/m0/s1. The maximum Gasteiger partial charge on any atom is 0.252 e. The van der Waals surface area contributed by atoms with Crippen molar-refractivity contribution in [2.45, 2.75) is 32.1 Å². The number of Topliss-reactive ketones (excluding diaryl/α,β-unsaturated/α-hetero) is 1. The van der Waals surface area contributed by atoms with E-state index in [9.17, 15) is 4.79 Å². The molecule has 0 N–H and O–H groups in total. The minimum atomic E-state index is 0.0965. The zero-order chi connectivity index (χ0) is 16.0. The summed E-state index contributed by atoms with van der Waals surface area (Å²) in [5, 5.41) is 5.03. The molecule has 2 heterocycles. The van der Waals surface area contributed by atoms with Crippen LogP contribution in [0.15, 0.2) is 30.5 Å². The zero-order valence-electron chi connectivity index (χ0n) is 12.7. The number of fused-ring (bicyclic) bond motifs is 2. The summed E-state index contributed by atoms with van der Waals surface area (Å²) in [7, 11) is 0. The highest BCUT2D eigenvalue weighted by Crippen LogP contribution is 2.32. The van der Waals surface area contributed by atoms with Crippen molar-refractivity contribution in [1.29, 1.82) is 0 Å². The molecule has 1 aromatic carbocycles. The molecule has 0 saturated heterocycles. The van der Waals surface area contributed by atoms with Gasteiger partial charge in [0.15, 0.2) is 11.6 Å². The molecule has 1 atom stereocenters. The second-order valence-electron chi connectivity index (χ2n) is 5.81. The van der Waals surface area contributed by atoms with E-state index >= 15 is 0 Å². The van der Waals surface area contributed by atoms with E-state index in [-0.39, 0.29) is 11.7 Å². The highest BCUT2D eigenvalue weighted by Gasteiger charge is 2.28. The first-order chi connectivity index (χ1) is 11.1. The van der Waals surface area contributed by atoms with Crippen LogP contribution in [0.1, 0.15) is 46.7 Å². The quantitative estimate of drug-likeness (QED) is 0.725. The van der Waals surface area contributed by atoms with Crippen LogP contribution in [0, 0.1) is 0 Å². The molecule has 2 aromatic heterocycles. The third-order valence-corrected chi connectivity index (χ3v) is 4.50. The lowest BCUT2D eigenvalue weighted by molar-refractivity contribution is 0.0962. The summed E-state index contributed by atoms with van der Waals surface area (Å²) in [5.74, 6) is 1.50. The highest BCUT2D eigenvalue weighted by molar-refractivity contribution is 6.30. The van der Waals surface area contributed by atoms with E-state index in [4.69, 9.17) is 11.6 Å². The molecule has 1 aliphatic rings. The van der Waals surface area contributed by atoms with Gasteiger partial charge in [0.25, 0.3) is 5.78 Å². The fraction of sp³-hybridized carbons (Fsp3) is 0.294. The van der Waals surface area contributed by atoms with Crippen LogP contribution < -0.4 is 0 Å². The Kier molecular flexibility index (Phi) is 3.38. The first-order valence-electron chi connectivity index (χ1n) is 7.68. The summed E-state index contributed by atoms with van der Waals surface area (Å²) >= 11 is 6.08. The van der Waals surface area contributed by atoms with E-state index in [0.717, 1.165) is 23.5 Å². The number of ketones is 1. The van der Waals surface area contributed by atoms with E-state index in [1.54, 1.807) is 10.7 Å². The van der Waals surface area contributed by atoms with E-state index in [1.165, 1.54) is 0 Å². The molecule has 0 saturated carbocycles. The van der Waals surface area contributed by atoms with Crippen LogP contribution in [0.2, 0.25) is 5.02 Å². The molecule has 0 fully saturated rings. The summed E-state index contributed by atoms with van der Waals surface area (Å²) in [6.07, 6.45) is 3.69. The van der Waals surface area contributed by atoms with E-state index < -0.39 is 0 Å². The Morgan fingerprint density at radius 1 is 1.30 bits per heavy atom. The van der Waals surface area contributed by atoms with Gasteiger partial charge in [-0.3, -0.25) is 4.79 Å². The number of hydrogen-bond donors (Lipinski definition) is 0. The van der Waals surface area contributed by atoms with Gasteiger partial charge in [0, 0.05) is 24.1 Å². The minimum Gasteiger partial charge on any atom is -0.294 e. The third kappa shape index (κ3) is 2.51. The summed E-state index contributed by atoms with van der Waals surface area (Å²) < 4.78 is 1.61. The Balaban J connectivity index is 1.77. The number of halogens is 1. The largest absolute Gasteiger partial charge is 0.294 e. The van der Waals surface area contributed by atoms with Gasteiger partial charge in [0.05, 0.1) is 11.3 Å². The summed E-state index contributed by atoms with van der Waals surface area (Å²) in [4.78, 5) is 21.5. The molecule has 0 radical (unpaired) electrons. The molecule has 5 nitrogen and oxygen atoms in total. The normalized spacial score (nSPS) is 17.5. The van der Waals surface area contributed by atoms with E-state index in [0.29, 0.717) is 29.2 Å². The SMILES string of the molecule is CCc1nc2nc3c(cn2n1)C(=O)C[C@@H](c1cccc(Cl)c1)C3. The number of rotatable bonds is 2. The molecule has 1 aliphatic carbocycles. The van der Waals surface area contributed by atoms with Crippen LogP contribution in [0.4, 0.5) is 0 Å². The van der Waals surface area contributed by atoms with Gasteiger partial charge in [-0.25, -0.2) is 9.50 Å². The fourth-order valence-corrected chi connectivity index (χ4v) is 3.27. The molecule has 0 aliphatic heterocycles. The second kappa shape index (κ2) is 5.42. The number of aromatic nitrogens is 4. The van der Waals surface area contributed by atoms with Crippen molar-refractivity contribution in [2.75, 3.05) is 0 Å². The van der Waals surface area contributed by atoms with Crippen molar-refractivity contribution in [2.24, 2.45) is 0 Å². The molecule has 4 rings (SSSR count). The van der Waals surface area contributed by atoms with Gasteiger partial charge in [-0.2, -0.15) is 4.98 Å². The summed E-state index contributed by atoms with van der Waals surface area (Å²) in [5.41, 5.74) is 2.53. The van der Waals surface area contributed by atoms with Crippen molar-refractivity contribution in [1.82, 2.24) is 19.6 Å². The Bertz CT molecular complexity index is 918. The van der Waals surface area contributed by atoms with Crippen molar-refractivity contribution >= 4 is 23.2 Å². The lowest BCUT2D eigenvalue weighted by Crippen LogP contribution is -2.21. The third-order valence-electron chi connectivity index (χ3n) is 4.26. The maximum atomic E-state index is 12.5. The van der Waals surface area contributed by atoms with Crippen molar-refractivity contribution in [3.63, 3.8) is 0 Å². The molecule has 6 heteroatoms. The Hall–Kier alpha value is -2.27. The van der Waals surface area contributed by atoms with Gasteiger partial charge < -0.3 is 0 Å². The Morgan fingerprint density at radius 3 is 2.96 bits per heavy atom. The second-order valence-corrected chi connectivity index (χ2v) is 6.25. The topological polar surface area (TPSA) is 60.1 Å². The average Bonchev–Trinajstić information content (AvgIpc) is 2.95. The maximum absolute atomic E-state index is 12.5.